The number of rotatable bonds is 14. The van der Waals surface area contributed by atoms with E-state index in [0.717, 1.165) is 25.5 Å². The van der Waals surface area contributed by atoms with E-state index in [1.54, 1.807) is 24.3 Å². The summed E-state index contributed by atoms with van der Waals surface area (Å²) in [6.07, 6.45) is 0.222. The van der Waals surface area contributed by atoms with Crippen molar-refractivity contribution in [1.29, 1.82) is 0 Å². The SMILES string of the molecule is COc1ccc(N(CC(=O)N(Cc2cccc(Br)c2)[C@H](Cc2ccccc2)C(=O)NC(C)C)S(=O)(=O)c2ccc(C)cc2)cc1OC. The molecule has 4 rings (SSSR count). The number of nitrogens with zero attached hydrogens (tertiary/aromatic N) is 2. The summed E-state index contributed by atoms with van der Waals surface area (Å²) in [7, 11) is -1.33. The molecule has 0 spiro atoms. The van der Waals surface area contributed by atoms with Gasteiger partial charge in [-0.3, -0.25) is 13.9 Å². The van der Waals surface area contributed by atoms with E-state index in [-0.39, 0.29) is 35.5 Å². The predicted molar refractivity (Wildman–Crippen MR) is 187 cm³/mol. The van der Waals surface area contributed by atoms with E-state index >= 15 is 0 Å². The van der Waals surface area contributed by atoms with Crippen molar-refractivity contribution < 1.29 is 27.5 Å². The Hall–Kier alpha value is -4.35. The van der Waals surface area contributed by atoms with Crippen LogP contribution in [0.3, 0.4) is 0 Å². The number of nitrogens with one attached hydrogen (secondary N) is 1. The van der Waals surface area contributed by atoms with Crippen molar-refractivity contribution in [3.05, 3.63) is 118 Å². The quantitative estimate of drug-likeness (QED) is 0.168. The van der Waals surface area contributed by atoms with Crippen LogP contribution in [0.15, 0.2) is 106 Å². The van der Waals surface area contributed by atoms with Gasteiger partial charge in [-0.25, -0.2) is 8.42 Å². The normalized spacial score (nSPS) is 11.9. The van der Waals surface area contributed by atoms with Crippen molar-refractivity contribution in [1.82, 2.24) is 10.2 Å². The molecule has 1 N–H and O–H groups in total. The molecular weight excluding hydrogens is 682 g/mol. The fourth-order valence-corrected chi connectivity index (χ4v) is 6.97. The average molecular weight is 723 g/mol. The second-order valence-electron chi connectivity index (χ2n) is 11.4. The van der Waals surface area contributed by atoms with Crippen molar-refractivity contribution in [3.8, 4) is 11.5 Å². The van der Waals surface area contributed by atoms with Gasteiger partial charge in [0.25, 0.3) is 10.0 Å². The number of ether oxygens (including phenoxy) is 2. The maximum Gasteiger partial charge on any atom is 0.264 e. The average Bonchev–Trinajstić information content (AvgIpc) is 3.05. The minimum atomic E-state index is -4.27. The molecule has 248 valence electrons. The van der Waals surface area contributed by atoms with Gasteiger partial charge in [-0.2, -0.15) is 0 Å². The van der Waals surface area contributed by atoms with Gasteiger partial charge in [0.05, 0.1) is 24.8 Å². The highest BCUT2D eigenvalue weighted by Crippen LogP contribution is 2.34. The third-order valence-electron chi connectivity index (χ3n) is 7.49. The summed E-state index contributed by atoms with van der Waals surface area (Å²) in [6, 6.07) is 26.8. The van der Waals surface area contributed by atoms with E-state index in [1.165, 1.54) is 37.3 Å². The van der Waals surface area contributed by atoms with Crippen LogP contribution < -0.4 is 19.1 Å². The van der Waals surface area contributed by atoms with Crippen LogP contribution in [0.4, 0.5) is 5.69 Å². The fourth-order valence-electron chi connectivity index (χ4n) is 5.11. The zero-order valence-electron chi connectivity index (χ0n) is 27.1. The summed E-state index contributed by atoms with van der Waals surface area (Å²) in [5.74, 6) is -0.202. The molecule has 4 aromatic carbocycles. The first-order valence-electron chi connectivity index (χ1n) is 15.1. The Morgan fingerprint density at radius 1 is 0.830 bits per heavy atom. The number of hydrogen-bond donors (Lipinski definition) is 1. The molecule has 0 bridgehead atoms. The molecule has 0 heterocycles. The largest absolute Gasteiger partial charge is 0.493 e. The van der Waals surface area contributed by atoms with E-state index in [2.05, 4.69) is 21.2 Å². The third kappa shape index (κ3) is 9.14. The second kappa shape index (κ2) is 16.0. The number of carbonyl (C=O) groups excluding carboxylic acids is 2. The molecule has 0 aliphatic heterocycles. The van der Waals surface area contributed by atoms with Crippen LogP contribution in [0, 0.1) is 6.92 Å². The molecule has 0 saturated heterocycles. The van der Waals surface area contributed by atoms with Crippen molar-refractivity contribution in [2.75, 3.05) is 25.1 Å². The molecule has 4 aromatic rings. The number of halogens is 1. The standard InChI is InChI=1S/C36H40BrN3O6S/c1-25(2)38-36(42)32(21-27-10-7-6-8-11-27)39(23-28-12-9-13-29(37)20-28)35(41)24-40(30-16-19-33(45-4)34(22-30)46-5)47(43,44)31-17-14-26(3)15-18-31/h6-20,22,25,32H,21,23-24H2,1-5H3,(H,38,42)/t32-/m1/s1. The molecule has 0 fully saturated rings. The maximum absolute atomic E-state index is 14.6. The number of hydrogen-bond acceptors (Lipinski definition) is 6. The molecule has 0 saturated carbocycles. The molecule has 0 aliphatic rings. The molecular formula is C36H40BrN3O6S. The van der Waals surface area contributed by atoms with Gasteiger partial charge in [0.2, 0.25) is 11.8 Å². The van der Waals surface area contributed by atoms with Crippen LogP contribution in [0.5, 0.6) is 11.5 Å². The Bertz CT molecular complexity index is 1780. The molecule has 1 atom stereocenters. The molecule has 0 aromatic heterocycles. The number of methoxy groups -OCH3 is 2. The summed E-state index contributed by atoms with van der Waals surface area (Å²) in [6.45, 7) is 5.04. The van der Waals surface area contributed by atoms with E-state index in [4.69, 9.17) is 9.47 Å². The van der Waals surface area contributed by atoms with Crippen LogP contribution in [0.25, 0.3) is 0 Å². The van der Waals surface area contributed by atoms with E-state index < -0.39 is 28.5 Å². The van der Waals surface area contributed by atoms with Crippen molar-refractivity contribution in [2.24, 2.45) is 0 Å². The van der Waals surface area contributed by atoms with Crippen LogP contribution in [0.1, 0.15) is 30.5 Å². The highest BCUT2D eigenvalue weighted by atomic mass is 79.9. The van der Waals surface area contributed by atoms with Crippen molar-refractivity contribution >= 4 is 43.5 Å². The van der Waals surface area contributed by atoms with Crippen molar-refractivity contribution in [2.45, 2.75) is 50.7 Å². The topological polar surface area (TPSA) is 105 Å². The zero-order valence-corrected chi connectivity index (χ0v) is 29.5. The highest BCUT2D eigenvalue weighted by Gasteiger charge is 2.35. The van der Waals surface area contributed by atoms with Gasteiger partial charge < -0.3 is 19.7 Å². The Morgan fingerprint density at radius 3 is 2.11 bits per heavy atom. The Kier molecular flexibility index (Phi) is 12.1. The molecule has 47 heavy (non-hydrogen) atoms. The minimum Gasteiger partial charge on any atom is -0.493 e. The van der Waals surface area contributed by atoms with Crippen LogP contribution >= 0.6 is 15.9 Å². The summed E-state index contributed by atoms with van der Waals surface area (Å²) in [5, 5.41) is 2.97. The molecule has 9 nitrogen and oxygen atoms in total. The van der Waals surface area contributed by atoms with Gasteiger partial charge in [0, 0.05) is 29.5 Å². The van der Waals surface area contributed by atoms with Gasteiger partial charge in [-0.1, -0.05) is 76.1 Å². The van der Waals surface area contributed by atoms with E-state index in [9.17, 15) is 18.0 Å². The number of carbonyl (C=O) groups is 2. The van der Waals surface area contributed by atoms with Gasteiger partial charge >= 0.3 is 0 Å². The third-order valence-corrected chi connectivity index (χ3v) is 9.77. The summed E-state index contributed by atoms with van der Waals surface area (Å²) in [5.41, 5.74) is 2.71. The van der Waals surface area contributed by atoms with Crippen LogP contribution in [-0.2, 0) is 32.6 Å². The lowest BCUT2D eigenvalue weighted by molar-refractivity contribution is -0.140. The number of sulfonamides is 1. The molecule has 0 aliphatic carbocycles. The summed E-state index contributed by atoms with van der Waals surface area (Å²) in [4.78, 5) is 29.9. The second-order valence-corrected chi connectivity index (χ2v) is 14.2. The number of amides is 2. The lowest BCUT2D eigenvalue weighted by Crippen LogP contribution is -2.54. The van der Waals surface area contributed by atoms with Gasteiger partial charge in [-0.15, -0.1) is 0 Å². The highest BCUT2D eigenvalue weighted by molar-refractivity contribution is 9.10. The first-order chi connectivity index (χ1) is 22.4. The Morgan fingerprint density at radius 2 is 1.49 bits per heavy atom. The lowest BCUT2D eigenvalue weighted by Gasteiger charge is -2.34. The molecule has 0 radical (unpaired) electrons. The van der Waals surface area contributed by atoms with Crippen LogP contribution in [0.2, 0.25) is 0 Å². The lowest BCUT2D eigenvalue weighted by atomic mass is 10.0. The van der Waals surface area contributed by atoms with Gasteiger partial charge in [0.1, 0.15) is 12.6 Å². The van der Waals surface area contributed by atoms with Gasteiger partial charge in [0.15, 0.2) is 11.5 Å². The first-order valence-corrected chi connectivity index (χ1v) is 17.4. The Labute approximate surface area is 285 Å². The molecule has 11 heteroatoms. The summed E-state index contributed by atoms with van der Waals surface area (Å²) >= 11 is 3.50. The van der Waals surface area contributed by atoms with E-state index in [1.807, 2.05) is 75.4 Å². The van der Waals surface area contributed by atoms with E-state index in [0.29, 0.717) is 11.5 Å². The van der Waals surface area contributed by atoms with Crippen molar-refractivity contribution in [3.63, 3.8) is 0 Å². The first kappa shape index (κ1) is 35.5. The Balaban J connectivity index is 1.85. The fraction of sp³-hybridized carbons (Fsp3) is 0.278. The molecule has 2 amide bonds. The predicted octanol–water partition coefficient (Wildman–Crippen LogP) is 6.13. The smallest absolute Gasteiger partial charge is 0.264 e. The molecule has 0 unspecified atom stereocenters. The van der Waals surface area contributed by atoms with Crippen LogP contribution in [-0.4, -0.2) is 58.0 Å². The number of anilines is 1. The monoisotopic (exact) mass is 721 g/mol. The maximum atomic E-state index is 14.6. The minimum absolute atomic E-state index is 0.0163. The zero-order chi connectivity index (χ0) is 34.1. The van der Waals surface area contributed by atoms with Gasteiger partial charge in [-0.05, 0) is 68.3 Å². The summed E-state index contributed by atoms with van der Waals surface area (Å²) < 4.78 is 41.3. The number of aryl methyl sites for hydroxylation is 1. The number of benzene rings is 4.